The lowest BCUT2D eigenvalue weighted by Gasteiger charge is -2.29. The summed E-state index contributed by atoms with van der Waals surface area (Å²) in [6.45, 7) is 4.07. The van der Waals surface area contributed by atoms with Crippen molar-refractivity contribution in [3.05, 3.63) is 0 Å². The lowest BCUT2D eigenvalue weighted by Crippen LogP contribution is -2.54. The molecule has 0 radical (unpaired) electrons. The van der Waals surface area contributed by atoms with Gasteiger partial charge in [-0.15, -0.1) is 24.2 Å². The molecule has 0 aliphatic carbocycles. The number of nitrogens with two attached hydrogens (primary N) is 1. The molecular weight excluding hydrogens is 258 g/mol. The molecule has 4 unspecified atom stereocenters. The number of halogens is 1. The Labute approximate surface area is 112 Å². The van der Waals surface area contributed by atoms with E-state index in [0.29, 0.717) is 6.42 Å². The quantitative estimate of drug-likeness (QED) is 0.826. The number of carbonyl (C=O) groups is 1. The summed E-state index contributed by atoms with van der Waals surface area (Å²) >= 11 is 1.68. The smallest absolute Gasteiger partial charge is 0.245 e. The van der Waals surface area contributed by atoms with E-state index in [2.05, 4.69) is 6.07 Å². The van der Waals surface area contributed by atoms with Crippen molar-refractivity contribution in [1.29, 1.82) is 5.26 Å². The average molecular weight is 276 g/mol. The zero-order valence-corrected chi connectivity index (χ0v) is 11.7. The van der Waals surface area contributed by atoms with Gasteiger partial charge < -0.3 is 10.6 Å². The first kappa shape index (κ1) is 14.6. The highest BCUT2D eigenvalue weighted by Gasteiger charge is 2.56. The molecule has 2 heterocycles. The second-order valence-electron chi connectivity index (χ2n) is 4.70. The molecule has 96 valence electrons. The van der Waals surface area contributed by atoms with Gasteiger partial charge in [-0.25, -0.2) is 0 Å². The molecule has 0 saturated carbocycles. The zero-order valence-electron chi connectivity index (χ0n) is 10.0. The van der Waals surface area contributed by atoms with Crippen LogP contribution in [-0.4, -0.2) is 33.5 Å². The SMILES string of the molecule is CCC(C)C1(N)CC2SCC(C#N)N2C1=O.Cl. The molecule has 4 atom stereocenters. The summed E-state index contributed by atoms with van der Waals surface area (Å²) < 4.78 is 0. The molecule has 0 aromatic heterocycles. The summed E-state index contributed by atoms with van der Waals surface area (Å²) in [6, 6.07) is 1.91. The van der Waals surface area contributed by atoms with Crippen LogP contribution in [0, 0.1) is 17.2 Å². The van der Waals surface area contributed by atoms with E-state index in [9.17, 15) is 4.79 Å². The highest BCUT2D eigenvalue weighted by molar-refractivity contribution is 8.00. The van der Waals surface area contributed by atoms with Gasteiger partial charge in [-0.05, 0) is 5.92 Å². The van der Waals surface area contributed by atoms with Gasteiger partial charge in [0, 0.05) is 12.2 Å². The number of carbonyl (C=O) groups excluding carboxylic acids is 1. The maximum Gasteiger partial charge on any atom is 0.245 e. The van der Waals surface area contributed by atoms with Crippen molar-refractivity contribution in [2.75, 3.05) is 5.75 Å². The molecule has 6 heteroatoms. The number of nitriles is 1. The Kier molecular flexibility index (Phi) is 4.34. The Bertz CT molecular complexity index is 359. The molecule has 2 N–H and O–H groups in total. The van der Waals surface area contributed by atoms with Crippen LogP contribution in [0.1, 0.15) is 26.7 Å². The Morgan fingerprint density at radius 2 is 2.41 bits per heavy atom. The fourth-order valence-corrected chi connectivity index (χ4v) is 3.92. The van der Waals surface area contributed by atoms with E-state index in [1.54, 1.807) is 16.7 Å². The van der Waals surface area contributed by atoms with E-state index in [4.69, 9.17) is 11.0 Å². The zero-order chi connectivity index (χ0) is 11.9. The largest absolute Gasteiger partial charge is 0.317 e. The maximum atomic E-state index is 12.3. The number of rotatable bonds is 2. The van der Waals surface area contributed by atoms with E-state index < -0.39 is 5.54 Å². The second-order valence-corrected chi connectivity index (χ2v) is 5.91. The van der Waals surface area contributed by atoms with Gasteiger partial charge in [-0.3, -0.25) is 4.79 Å². The third kappa shape index (κ3) is 2.03. The van der Waals surface area contributed by atoms with Gasteiger partial charge in [-0.2, -0.15) is 5.26 Å². The molecule has 2 aliphatic rings. The molecule has 4 nitrogen and oxygen atoms in total. The highest BCUT2D eigenvalue weighted by atomic mass is 35.5. The predicted octanol–water partition coefficient (Wildman–Crippen LogP) is 1.35. The van der Waals surface area contributed by atoms with Gasteiger partial charge in [0.2, 0.25) is 5.91 Å². The van der Waals surface area contributed by atoms with Crippen molar-refractivity contribution in [2.45, 2.75) is 43.6 Å². The minimum atomic E-state index is -0.748. The summed E-state index contributed by atoms with van der Waals surface area (Å²) in [5, 5.41) is 9.12. The molecule has 0 spiro atoms. The van der Waals surface area contributed by atoms with Crippen molar-refractivity contribution in [3.8, 4) is 6.07 Å². The number of amides is 1. The van der Waals surface area contributed by atoms with E-state index in [-0.39, 0.29) is 35.6 Å². The van der Waals surface area contributed by atoms with Crippen LogP contribution >= 0.6 is 24.2 Å². The molecule has 0 aromatic carbocycles. The lowest BCUT2D eigenvalue weighted by molar-refractivity contribution is -0.134. The van der Waals surface area contributed by atoms with E-state index in [1.165, 1.54) is 0 Å². The number of fused-ring (bicyclic) bond motifs is 1. The molecule has 17 heavy (non-hydrogen) atoms. The number of hydrogen-bond donors (Lipinski definition) is 1. The standard InChI is InChI=1S/C11H17N3OS.ClH/c1-3-7(2)11(13)4-9-14(10(11)15)8(5-12)6-16-9;/h7-9H,3-4,6,13H2,1-2H3;1H. The highest BCUT2D eigenvalue weighted by Crippen LogP contribution is 2.44. The van der Waals surface area contributed by atoms with Crippen LogP contribution in [0.25, 0.3) is 0 Å². The normalized spacial score (nSPS) is 37.3. The van der Waals surface area contributed by atoms with Crippen LogP contribution in [0.2, 0.25) is 0 Å². The minimum Gasteiger partial charge on any atom is -0.317 e. The molecule has 1 amide bonds. The fourth-order valence-electron chi connectivity index (χ4n) is 2.49. The molecule has 2 aliphatic heterocycles. The van der Waals surface area contributed by atoms with Crippen molar-refractivity contribution < 1.29 is 4.79 Å². The average Bonchev–Trinajstić information content (AvgIpc) is 2.78. The monoisotopic (exact) mass is 275 g/mol. The Morgan fingerprint density at radius 1 is 1.76 bits per heavy atom. The predicted molar refractivity (Wildman–Crippen MR) is 70.7 cm³/mol. The van der Waals surface area contributed by atoms with Gasteiger partial charge in [0.25, 0.3) is 0 Å². The van der Waals surface area contributed by atoms with E-state index >= 15 is 0 Å². The summed E-state index contributed by atoms with van der Waals surface area (Å²) in [4.78, 5) is 14.0. The molecule has 0 bridgehead atoms. The third-order valence-electron chi connectivity index (χ3n) is 3.88. The Morgan fingerprint density at radius 3 is 2.94 bits per heavy atom. The summed E-state index contributed by atoms with van der Waals surface area (Å²) in [5.74, 6) is 0.873. The van der Waals surface area contributed by atoms with Crippen LogP contribution in [0.4, 0.5) is 0 Å². The van der Waals surface area contributed by atoms with Crippen LogP contribution in [0.5, 0.6) is 0 Å². The van der Waals surface area contributed by atoms with Crippen LogP contribution in [0.15, 0.2) is 0 Å². The van der Waals surface area contributed by atoms with Crippen molar-refractivity contribution >= 4 is 30.1 Å². The maximum absolute atomic E-state index is 12.3. The van der Waals surface area contributed by atoms with E-state index in [0.717, 1.165) is 12.2 Å². The molecule has 2 saturated heterocycles. The molecular formula is C11H18ClN3OS. The number of hydrogen-bond acceptors (Lipinski definition) is 4. The molecule has 2 fully saturated rings. The first-order valence-electron chi connectivity index (χ1n) is 5.67. The summed E-state index contributed by atoms with van der Waals surface area (Å²) in [7, 11) is 0. The Hall–Kier alpha value is -0.440. The van der Waals surface area contributed by atoms with Gasteiger partial charge >= 0.3 is 0 Å². The van der Waals surface area contributed by atoms with Crippen LogP contribution in [-0.2, 0) is 4.79 Å². The lowest BCUT2D eigenvalue weighted by atomic mass is 9.83. The van der Waals surface area contributed by atoms with Gasteiger partial charge in [-0.1, -0.05) is 20.3 Å². The topological polar surface area (TPSA) is 70.1 Å². The van der Waals surface area contributed by atoms with Gasteiger partial charge in [0.15, 0.2) is 0 Å². The molecule has 0 aromatic rings. The van der Waals surface area contributed by atoms with Gasteiger partial charge in [0.05, 0.1) is 11.4 Å². The first-order valence-corrected chi connectivity index (χ1v) is 6.72. The fraction of sp³-hybridized carbons (Fsp3) is 0.818. The second kappa shape index (κ2) is 5.05. The third-order valence-corrected chi connectivity index (χ3v) is 5.17. The summed E-state index contributed by atoms with van der Waals surface area (Å²) in [5.41, 5.74) is 5.50. The Balaban J connectivity index is 0.00000144. The van der Waals surface area contributed by atoms with Crippen molar-refractivity contribution in [2.24, 2.45) is 11.7 Å². The number of thioether (sulfide) groups is 1. The van der Waals surface area contributed by atoms with Crippen LogP contribution in [0.3, 0.4) is 0 Å². The minimum absolute atomic E-state index is 0. The number of nitrogens with zero attached hydrogens (tertiary/aromatic N) is 2. The first-order chi connectivity index (χ1) is 7.54. The summed E-state index contributed by atoms with van der Waals surface area (Å²) in [6.07, 6.45) is 1.58. The van der Waals surface area contributed by atoms with Gasteiger partial charge in [0.1, 0.15) is 11.6 Å². The van der Waals surface area contributed by atoms with E-state index in [1.807, 2.05) is 13.8 Å². The van der Waals surface area contributed by atoms with Crippen molar-refractivity contribution in [3.63, 3.8) is 0 Å². The van der Waals surface area contributed by atoms with Crippen molar-refractivity contribution in [1.82, 2.24) is 4.90 Å². The van der Waals surface area contributed by atoms with Crippen LogP contribution < -0.4 is 5.73 Å². The molecule has 2 rings (SSSR count).